The van der Waals surface area contributed by atoms with Gasteiger partial charge >= 0.3 is 12.1 Å². The highest BCUT2D eigenvalue weighted by Crippen LogP contribution is 2.19. The van der Waals surface area contributed by atoms with Crippen molar-refractivity contribution in [3.63, 3.8) is 0 Å². The van der Waals surface area contributed by atoms with Gasteiger partial charge in [0.15, 0.2) is 0 Å². The Labute approximate surface area is 109 Å². The highest BCUT2D eigenvalue weighted by molar-refractivity contribution is 5.79. The molecule has 0 heterocycles. The number of rotatable bonds is 7. The van der Waals surface area contributed by atoms with Gasteiger partial charge in [-0.2, -0.15) is 13.2 Å². The Hall–Kier alpha value is -1.31. The Bertz CT molecular complexity index is 330. The van der Waals surface area contributed by atoms with Crippen LogP contribution >= 0.6 is 0 Å². The summed E-state index contributed by atoms with van der Waals surface area (Å²) in [6.45, 7) is -1.78. The first-order valence-corrected chi connectivity index (χ1v) is 5.96. The van der Waals surface area contributed by atoms with Crippen LogP contribution in [0.25, 0.3) is 0 Å². The van der Waals surface area contributed by atoms with Gasteiger partial charge in [-0.05, 0) is 12.8 Å². The van der Waals surface area contributed by atoms with Crippen molar-refractivity contribution < 1.29 is 27.5 Å². The third-order valence-electron chi connectivity index (χ3n) is 2.66. The molecule has 0 aromatic heterocycles. The van der Waals surface area contributed by atoms with E-state index in [-0.39, 0.29) is 25.6 Å². The summed E-state index contributed by atoms with van der Waals surface area (Å²) in [5, 5.41) is 2.85. The molecule has 1 saturated carbocycles. The number of nitrogens with zero attached hydrogens (tertiary/aromatic N) is 1. The molecule has 1 N–H and O–H groups in total. The predicted molar refractivity (Wildman–Crippen MR) is 60.3 cm³/mol. The number of alkyl halides is 3. The number of carbonyl (C=O) groups excluding carboxylic acids is 2. The largest absolute Gasteiger partial charge is 0.469 e. The van der Waals surface area contributed by atoms with Crippen molar-refractivity contribution >= 4 is 11.9 Å². The van der Waals surface area contributed by atoms with Crippen LogP contribution in [0.2, 0.25) is 0 Å². The lowest BCUT2D eigenvalue weighted by molar-refractivity contribution is -0.162. The summed E-state index contributed by atoms with van der Waals surface area (Å²) < 4.78 is 41.4. The van der Waals surface area contributed by atoms with Crippen LogP contribution in [0.5, 0.6) is 0 Å². The third-order valence-corrected chi connectivity index (χ3v) is 2.66. The third kappa shape index (κ3) is 7.00. The zero-order chi connectivity index (χ0) is 14.5. The smallest absolute Gasteiger partial charge is 0.406 e. The van der Waals surface area contributed by atoms with Crippen LogP contribution < -0.4 is 5.32 Å². The number of methoxy groups -OCH3 is 1. The quantitative estimate of drug-likeness (QED) is 0.698. The first-order chi connectivity index (χ1) is 8.81. The number of hydrogen-bond acceptors (Lipinski definition) is 4. The van der Waals surface area contributed by atoms with E-state index in [4.69, 9.17) is 0 Å². The van der Waals surface area contributed by atoms with Crippen molar-refractivity contribution in [3.8, 4) is 0 Å². The molecule has 1 amide bonds. The molecule has 8 heteroatoms. The van der Waals surface area contributed by atoms with Crippen LogP contribution in [-0.2, 0) is 14.3 Å². The van der Waals surface area contributed by atoms with Crippen molar-refractivity contribution in [1.82, 2.24) is 10.2 Å². The fraction of sp³-hybridized carbons (Fsp3) is 0.818. The van der Waals surface area contributed by atoms with E-state index >= 15 is 0 Å². The summed E-state index contributed by atoms with van der Waals surface area (Å²) in [7, 11) is 1.15. The summed E-state index contributed by atoms with van der Waals surface area (Å²) in [4.78, 5) is 23.2. The molecule has 1 fully saturated rings. The molecule has 0 bridgehead atoms. The molecule has 0 saturated heterocycles. The highest BCUT2D eigenvalue weighted by Gasteiger charge is 2.33. The number of nitrogens with one attached hydrogen (secondary N) is 1. The fourth-order valence-corrected chi connectivity index (χ4v) is 1.47. The van der Waals surface area contributed by atoms with Crippen molar-refractivity contribution in [2.75, 3.05) is 26.7 Å². The topological polar surface area (TPSA) is 58.6 Å². The Balaban J connectivity index is 2.45. The van der Waals surface area contributed by atoms with Crippen LogP contribution in [0.4, 0.5) is 13.2 Å². The van der Waals surface area contributed by atoms with Crippen molar-refractivity contribution in [3.05, 3.63) is 0 Å². The van der Waals surface area contributed by atoms with Gasteiger partial charge in [0, 0.05) is 12.6 Å². The Kier molecular flexibility index (Phi) is 5.59. The van der Waals surface area contributed by atoms with E-state index in [0.717, 1.165) is 20.0 Å². The Morgan fingerprint density at radius 2 is 2.00 bits per heavy atom. The van der Waals surface area contributed by atoms with Crippen LogP contribution in [0.1, 0.15) is 19.3 Å². The summed E-state index contributed by atoms with van der Waals surface area (Å²) in [6, 6.07) is 0.234. The van der Waals surface area contributed by atoms with Gasteiger partial charge in [0.25, 0.3) is 0 Å². The van der Waals surface area contributed by atoms with E-state index < -0.39 is 24.6 Å². The maximum Gasteiger partial charge on any atom is 0.406 e. The molecule has 0 radical (unpaired) electrons. The van der Waals surface area contributed by atoms with E-state index in [1.807, 2.05) is 0 Å². The van der Waals surface area contributed by atoms with Gasteiger partial charge in [0.2, 0.25) is 5.91 Å². The van der Waals surface area contributed by atoms with E-state index in [9.17, 15) is 22.8 Å². The minimum atomic E-state index is -4.48. The van der Waals surface area contributed by atoms with Crippen LogP contribution in [0, 0.1) is 0 Å². The van der Waals surface area contributed by atoms with E-state index in [1.165, 1.54) is 0 Å². The standard InChI is InChI=1S/C11H17F3N2O3/c1-19-10(18)4-5-16(7-11(12,13)14)9(17)6-15-8-2-3-8/h8,15H,2-7H2,1H3. The van der Waals surface area contributed by atoms with Gasteiger partial charge in [-0.25, -0.2) is 0 Å². The molecule has 0 unspecified atom stereocenters. The molecule has 0 aliphatic heterocycles. The van der Waals surface area contributed by atoms with Crippen molar-refractivity contribution in [1.29, 1.82) is 0 Å². The summed E-state index contributed by atoms with van der Waals surface area (Å²) in [6.07, 6.45) is -2.85. The van der Waals surface area contributed by atoms with Crippen LogP contribution in [0.3, 0.4) is 0 Å². The molecule has 0 spiro atoms. The minimum Gasteiger partial charge on any atom is -0.469 e. The molecule has 1 aliphatic carbocycles. The summed E-state index contributed by atoms with van der Waals surface area (Å²) in [5.74, 6) is -1.30. The molecule has 1 rings (SSSR count). The number of hydrogen-bond donors (Lipinski definition) is 1. The number of esters is 1. The lowest BCUT2D eigenvalue weighted by Crippen LogP contribution is -2.44. The Morgan fingerprint density at radius 1 is 1.37 bits per heavy atom. The van der Waals surface area contributed by atoms with Crippen molar-refractivity contribution in [2.24, 2.45) is 0 Å². The van der Waals surface area contributed by atoms with Gasteiger partial charge in [-0.1, -0.05) is 0 Å². The van der Waals surface area contributed by atoms with Gasteiger partial charge in [-0.15, -0.1) is 0 Å². The molecule has 0 aromatic carbocycles. The first-order valence-electron chi connectivity index (χ1n) is 5.96. The van der Waals surface area contributed by atoms with Gasteiger partial charge < -0.3 is 15.0 Å². The molecule has 5 nitrogen and oxygen atoms in total. The lowest BCUT2D eigenvalue weighted by Gasteiger charge is -2.23. The molecular weight excluding hydrogens is 265 g/mol. The van der Waals surface area contributed by atoms with Gasteiger partial charge in [0.05, 0.1) is 20.1 Å². The second-order valence-electron chi connectivity index (χ2n) is 4.41. The van der Waals surface area contributed by atoms with E-state index in [2.05, 4.69) is 10.1 Å². The lowest BCUT2D eigenvalue weighted by atomic mass is 10.3. The fourth-order valence-electron chi connectivity index (χ4n) is 1.47. The molecule has 19 heavy (non-hydrogen) atoms. The first kappa shape index (κ1) is 15.7. The van der Waals surface area contributed by atoms with Crippen LogP contribution in [0.15, 0.2) is 0 Å². The zero-order valence-corrected chi connectivity index (χ0v) is 10.6. The number of ether oxygens (including phenoxy) is 1. The van der Waals surface area contributed by atoms with E-state index in [0.29, 0.717) is 4.90 Å². The second kappa shape index (κ2) is 6.74. The van der Waals surface area contributed by atoms with Gasteiger partial charge in [-0.3, -0.25) is 9.59 Å². The molecule has 1 aliphatic rings. The summed E-state index contributed by atoms with van der Waals surface area (Å²) >= 11 is 0. The SMILES string of the molecule is COC(=O)CCN(CC(F)(F)F)C(=O)CNC1CC1. The average Bonchev–Trinajstić information content (AvgIpc) is 3.13. The number of amides is 1. The van der Waals surface area contributed by atoms with E-state index in [1.54, 1.807) is 0 Å². The zero-order valence-electron chi connectivity index (χ0n) is 10.6. The van der Waals surface area contributed by atoms with Gasteiger partial charge in [0.1, 0.15) is 6.54 Å². The molecule has 110 valence electrons. The number of halogens is 3. The molecule has 0 aromatic rings. The van der Waals surface area contributed by atoms with Crippen molar-refractivity contribution in [2.45, 2.75) is 31.5 Å². The number of carbonyl (C=O) groups is 2. The monoisotopic (exact) mass is 282 g/mol. The second-order valence-corrected chi connectivity index (χ2v) is 4.41. The Morgan fingerprint density at radius 3 is 2.47 bits per heavy atom. The van der Waals surface area contributed by atoms with Crippen LogP contribution in [-0.4, -0.2) is 55.7 Å². The highest BCUT2D eigenvalue weighted by atomic mass is 19.4. The molecular formula is C11H17F3N2O3. The minimum absolute atomic E-state index is 0.137. The normalized spacial score (nSPS) is 15.2. The average molecular weight is 282 g/mol. The summed E-state index contributed by atoms with van der Waals surface area (Å²) in [5.41, 5.74) is 0. The maximum absolute atomic E-state index is 12.4. The maximum atomic E-state index is 12.4. The molecule has 0 atom stereocenters. The predicted octanol–water partition coefficient (Wildman–Crippen LogP) is 0.692.